The predicted octanol–water partition coefficient (Wildman–Crippen LogP) is 5.13. The third kappa shape index (κ3) is 7.07. The van der Waals surface area contributed by atoms with Gasteiger partial charge in [-0.2, -0.15) is 22.0 Å². The van der Waals surface area contributed by atoms with Crippen LogP contribution in [0.4, 0.5) is 37.8 Å². The second-order valence-corrected chi connectivity index (χ2v) is 9.81. The van der Waals surface area contributed by atoms with Gasteiger partial charge < -0.3 is 19.0 Å². The van der Waals surface area contributed by atoms with Gasteiger partial charge in [-0.3, -0.25) is 14.7 Å². The summed E-state index contributed by atoms with van der Waals surface area (Å²) >= 11 is 0. The Labute approximate surface area is 246 Å². The van der Waals surface area contributed by atoms with E-state index < -0.39 is 30.9 Å². The van der Waals surface area contributed by atoms with E-state index in [1.165, 1.54) is 47.5 Å². The van der Waals surface area contributed by atoms with Crippen molar-refractivity contribution in [3.8, 4) is 28.3 Å². The fraction of sp³-hybridized carbons (Fsp3) is 0.321. The Kier molecular flexibility index (Phi) is 8.98. The first-order chi connectivity index (χ1) is 21.0. The molecule has 0 unspecified atom stereocenters. The molecule has 16 heteroatoms. The van der Waals surface area contributed by atoms with Gasteiger partial charge in [0.1, 0.15) is 17.4 Å². The van der Waals surface area contributed by atoms with Crippen LogP contribution in [0, 0.1) is 5.82 Å². The third-order valence-electron chi connectivity index (χ3n) is 6.89. The lowest BCUT2D eigenvalue weighted by atomic mass is 10.0. The summed E-state index contributed by atoms with van der Waals surface area (Å²) in [4.78, 5) is 25.0. The number of nitrogens with zero attached hydrogens (tertiary/aromatic N) is 7. The van der Waals surface area contributed by atoms with Crippen LogP contribution in [0.15, 0.2) is 53.2 Å². The molecule has 44 heavy (non-hydrogen) atoms. The van der Waals surface area contributed by atoms with Gasteiger partial charge in [0.15, 0.2) is 0 Å². The van der Waals surface area contributed by atoms with E-state index in [-0.39, 0.29) is 42.5 Å². The van der Waals surface area contributed by atoms with E-state index >= 15 is 4.39 Å². The number of carbonyl (C=O) groups excluding carboxylic acids is 1. The van der Waals surface area contributed by atoms with Gasteiger partial charge in [-0.1, -0.05) is 0 Å². The number of alkyl halides is 5. The molecule has 1 aromatic carbocycles. The van der Waals surface area contributed by atoms with E-state index in [1.807, 2.05) is 4.90 Å². The number of pyridine rings is 2. The lowest BCUT2D eigenvalue weighted by Crippen LogP contribution is -2.49. The molecule has 10 nitrogen and oxygen atoms in total. The van der Waals surface area contributed by atoms with E-state index in [1.54, 1.807) is 12.1 Å². The van der Waals surface area contributed by atoms with Gasteiger partial charge >= 0.3 is 12.6 Å². The Morgan fingerprint density at radius 2 is 1.75 bits per heavy atom. The van der Waals surface area contributed by atoms with Gasteiger partial charge in [0.05, 0.1) is 37.1 Å². The van der Waals surface area contributed by atoms with Crippen LogP contribution >= 0.6 is 0 Å². The maximum absolute atomic E-state index is 15.4. The maximum atomic E-state index is 15.4. The molecule has 4 heterocycles. The molecule has 0 spiro atoms. The first-order valence-corrected chi connectivity index (χ1v) is 13.2. The summed E-state index contributed by atoms with van der Waals surface area (Å²) in [6.07, 6.45) is -3.89. The van der Waals surface area contributed by atoms with E-state index in [9.17, 15) is 26.7 Å². The Bertz CT molecular complexity index is 1570. The monoisotopic (exact) mass is 621 g/mol. The van der Waals surface area contributed by atoms with Crippen LogP contribution in [0.25, 0.3) is 22.6 Å². The third-order valence-corrected chi connectivity index (χ3v) is 6.89. The minimum Gasteiger partial charge on any atom is -0.495 e. The summed E-state index contributed by atoms with van der Waals surface area (Å²) in [7, 11) is 1.37. The van der Waals surface area contributed by atoms with Gasteiger partial charge in [-0.25, -0.2) is 9.37 Å². The molecule has 0 aliphatic carbocycles. The van der Waals surface area contributed by atoms with Crippen LogP contribution in [0.5, 0.6) is 5.75 Å². The molecule has 4 aromatic rings. The van der Waals surface area contributed by atoms with Gasteiger partial charge in [0.2, 0.25) is 12.3 Å². The fourth-order valence-electron chi connectivity index (χ4n) is 4.71. The highest BCUT2D eigenvalue weighted by Gasteiger charge is 2.32. The summed E-state index contributed by atoms with van der Waals surface area (Å²) in [6.45, 7) is 0.192. The number of rotatable bonds is 10. The van der Waals surface area contributed by atoms with Crippen LogP contribution in [-0.2, 0) is 11.3 Å². The van der Waals surface area contributed by atoms with Gasteiger partial charge in [0.25, 0.3) is 5.89 Å². The number of piperazine rings is 1. The molecule has 1 aliphatic rings. The zero-order valence-electron chi connectivity index (χ0n) is 23.1. The molecule has 1 saturated heterocycles. The van der Waals surface area contributed by atoms with Crippen molar-refractivity contribution in [1.82, 2.24) is 25.1 Å². The summed E-state index contributed by atoms with van der Waals surface area (Å²) in [6, 6.07) is 8.94. The maximum Gasteiger partial charge on any atom is 0.401 e. The van der Waals surface area contributed by atoms with Crippen molar-refractivity contribution in [2.45, 2.75) is 19.1 Å². The topological polar surface area (TPSA) is 101 Å². The minimum absolute atomic E-state index is 0.0719. The molecular formula is C28H25F6N7O3. The Balaban J connectivity index is 1.29. The number of amides is 1. The smallest absolute Gasteiger partial charge is 0.401 e. The van der Waals surface area contributed by atoms with Crippen LogP contribution in [0.1, 0.15) is 18.0 Å². The van der Waals surface area contributed by atoms with Gasteiger partial charge in [0, 0.05) is 55.8 Å². The van der Waals surface area contributed by atoms with Crippen LogP contribution < -0.4 is 14.5 Å². The standard InChI is InChI=1S/C28H25F6N7O3/c1-43-23-10-20(17-3-5-24(36-12-17)40-8-6-39(7-9-40)15-28(32,33)34)21(29)11-22(23)41(16-42)14-19-4-2-18(13-35-19)26-37-38-27(44-26)25(30)31/h2-5,10-13,16,25H,6-9,14-15H2,1H3. The number of carbonyl (C=O) groups is 1. The van der Waals surface area contributed by atoms with E-state index in [0.717, 1.165) is 6.07 Å². The van der Waals surface area contributed by atoms with Crippen molar-refractivity contribution in [2.75, 3.05) is 49.6 Å². The molecule has 5 rings (SSSR count). The first-order valence-electron chi connectivity index (χ1n) is 13.2. The van der Waals surface area contributed by atoms with Crippen LogP contribution in [0.3, 0.4) is 0 Å². The zero-order valence-corrected chi connectivity index (χ0v) is 23.1. The van der Waals surface area contributed by atoms with Crippen molar-refractivity contribution >= 4 is 17.9 Å². The Hall–Kier alpha value is -4.73. The summed E-state index contributed by atoms with van der Waals surface area (Å²) in [5.74, 6) is -0.861. The molecule has 232 valence electrons. The number of methoxy groups -OCH3 is 1. The molecule has 0 saturated carbocycles. The largest absolute Gasteiger partial charge is 0.495 e. The van der Waals surface area contributed by atoms with Gasteiger partial charge in [-0.05, 0) is 30.3 Å². The number of benzene rings is 1. The van der Waals surface area contributed by atoms with Crippen molar-refractivity contribution in [2.24, 2.45) is 0 Å². The molecule has 0 radical (unpaired) electrons. The number of anilines is 2. The highest BCUT2D eigenvalue weighted by atomic mass is 19.4. The second-order valence-electron chi connectivity index (χ2n) is 9.81. The van der Waals surface area contributed by atoms with E-state index in [4.69, 9.17) is 9.15 Å². The van der Waals surface area contributed by atoms with Crippen molar-refractivity contribution in [3.63, 3.8) is 0 Å². The Morgan fingerprint density at radius 1 is 1.02 bits per heavy atom. The van der Waals surface area contributed by atoms with Crippen molar-refractivity contribution in [3.05, 3.63) is 66.2 Å². The average Bonchev–Trinajstić information content (AvgIpc) is 3.51. The number of halogens is 6. The second kappa shape index (κ2) is 12.9. The Morgan fingerprint density at radius 3 is 2.32 bits per heavy atom. The quantitative estimate of drug-likeness (QED) is 0.176. The number of hydrogen-bond acceptors (Lipinski definition) is 9. The lowest BCUT2D eigenvalue weighted by Gasteiger charge is -2.35. The average molecular weight is 622 g/mol. The van der Waals surface area contributed by atoms with Crippen LogP contribution in [-0.4, -0.2) is 77.5 Å². The molecule has 1 aliphatic heterocycles. The van der Waals surface area contributed by atoms with Crippen molar-refractivity contribution < 1.29 is 40.3 Å². The molecule has 1 amide bonds. The number of hydrogen-bond donors (Lipinski definition) is 0. The highest BCUT2D eigenvalue weighted by Crippen LogP contribution is 2.36. The van der Waals surface area contributed by atoms with E-state index in [2.05, 4.69) is 20.2 Å². The minimum atomic E-state index is -4.25. The van der Waals surface area contributed by atoms with Gasteiger partial charge in [-0.15, -0.1) is 10.2 Å². The normalized spacial score (nSPS) is 14.2. The number of aromatic nitrogens is 4. The molecule has 0 atom stereocenters. The fourth-order valence-corrected chi connectivity index (χ4v) is 4.71. The first kappa shape index (κ1) is 30.7. The summed E-state index contributed by atoms with van der Waals surface area (Å²) < 4.78 is 89.2. The lowest BCUT2D eigenvalue weighted by molar-refractivity contribution is -0.146. The SMILES string of the molecule is COc1cc(-c2ccc(N3CCN(CC(F)(F)F)CC3)nc2)c(F)cc1N(C=O)Cc1ccc(-c2nnc(C(F)F)o2)cn1. The number of ether oxygens (including phenoxy) is 1. The van der Waals surface area contributed by atoms with Crippen LogP contribution in [0.2, 0.25) is 0 Å². The predicted molar refractivity (Wildman–Crippen MR) is 146 cm³/mol. The van der Waals surface area contributed by atoms with Crippen molar-refractivity contribution in [1.29, 1.82) is 0 Å². The molecule has 3 aromatic heterocycles. The van der Waals surface area contributed by atoms with E-state index in [0.29, 0.717) is 42.1 Å². The molecule has 0 bridgehead atoms. The summed E-state index contributed by atoms with van der Waals surface area (Å²) in [5, 5.41) is 6.84. The molecular weight excluding hydrogens is 596 g/mol. The zero-order chi connectivity index (χ0) is 31.4. The molecule has 0 N–H and O–H groups in total. The highest BCUT2D eigenvalue weighted by molar-refractivity contribution is 5.81. The molecule has 1 fully saturated rings. The summed E-state index contributed by atoms with van der Waals surface area (Å²) in [5.41, 5.74) is 1.41.